The summed E-state index contributed by atoms with van der Waals surface area (Å²) in [5.41, 5.74) is 0. The van der Waals surface area contributed by atoms with Crippen molar-refractivity contribution in [1.82, 2.24) is 4.90 Å². The molecule has 13 heavy (non-hydrogen) atoms. The fourth-order valence-corrected chi connectivity index (χ4v) is 1.28. The van der Waals surface area contributed by atoms with E-state index < -0.39 is 12.1 Å². The van der Waals surface area contributed by atoms with Gasteiger partial charge in [0.15, 0.2) is 0 Å². The van der Waals surface area contributed by atoms with Gasteiger partial charge in [-0.15, -0.1) is 0 Å². The number of rotatable bonds is 6. The third-order valence-electron chi connectivity index (χ3n) is 2.06. The first kappa shape index (κ1) is 10.4. The van der Waals surface area contributed by atoms with Crippen molar-refractivity contribution in [3.05, 3.63) is 0 Å². The maximum absolute atomic E-state index is 10.4. The van der Waals surface area contributed by atoms with Gasteiger partial charge in [-0.2, -0.15) is 0 Å². The van der Waals surface area contributed by atoms with Crippen LogP contribution in [-0.2, 0) is 4.79 Å². The molecule has 1 atom stereocenters. The number of carbonyl (C=O) groups is 1. The molecule has 0 aliphatic heterocycles. The highest BCUT2D eigenvalue weighted by molar-refractivity contribution is 5.69. The first-order valence-electron chi connectivity index (χ1n) is 4.38. The molecule has 5 heteroatoms. The molecule has 3 N–H and O–H groups in total. The van der Waals surface area contributed by atoms with E-state index in [4.69, 9.17) is 15.3 Å². The average Bonchev–Trinajstić information content (AvgIpc) is 2.84. The molecular formula is C8H15NO4. The van der Waals surface area contributed by atoms with Gasteiger partial charge in [0, 0.05) is 12.6 Å². The van der Waals surface area contributed by atoms with Gasteiger partial charge < -0.3 is 15.3 Å². The van der Waals surface area contributed by atoms with Gasteiger partial charge in [-0.25, -0.2) is 0 Å². The van der Waals surface area contributed by atoms with Crippen LogP contribution < -0.4 is 0 Å². The Kier molecular flexibility index (Phi) is 3.65. The van der Waals surface area contributed by atoms with Crippen molar-refractivity contribution in [1.29, 1.82) is 0 Å². The Morgan fingerprint density at radius 2 is 2.15 bits per heavy atom. The second kappa shape index (κ2) is 4.55. The minimum absolute atomic E-state index is 0.0538. The Labute approximate surface area is 76.6 Å². The van der Waals surface area contributed by atoms with Crippen LogP contribution in [0.2, 0.25) is 0 Å². The highest BCUT2D eigenvalue weighted by Gasteiger charge is 2.31. The van der Waals surface area contributed by atoms with Gasteiger partial charge in [0.1, 0.15) is 0 Å². The SMILES string of the molecule is O=C(O)CN(CC(O)CO)C1CC1. The van der Waals surface area contributed by atoms with Crippen molar-refractivity contribution in [3.8, 4) is 0 Å². The minimum atomic E-state index is -0.892. The fraction of sp³-hybridized carbons (Fsp3) is 0.875. The molecule has 1 aliphatic rings. The zero-order valence-corrected chi connectivity index (χ0v) is 7.39. The molecule has 1 fully saturated rings. The molecule has 0 spiro atoms. The third kappa shape index (κ3) is 3.71. The van der Waals surface area contributed by atoms with Crippen LogP contribution in [0.25, 0.3) is 0 Å². The lowest BCUT2D eigenvalue weighted by Crippen LogP contribution is -2.39. The first-order chi connectivity index (χ1) is 6.13. The second-order valence-corrected chi connectivity index (χ2v) is 3.39. The normalized spacial score (nSPS) is 19.0. The van der Waals surface area contributed by atoms with Gasteiger partial charge >= 0.3 is 5.97 Å². The third-order valence-corrected chi connectivity index (χ3v) is 2.06. The van der Waals surface area contributed by atoms with E-state index in [-0.39, 0.29) is 25.7 Å². The number of carboxylic acid groups (broad SMARTS) is 1. The second-order valence-electron chi connectivity index (χ2n) is 3.39. The van der Waals surface area contributed by atoms with Crippen LogP contribution in [-0.4, -0.2) is 58.0 Å². The highest BCUT2D eigenvalue weighted by atomic mass is 16.4. The van der Waals surface area contributed by atoms with Crippen molar-refractivity contribution in [2.24, 2.45) is 0 Å². The molecule has 0 radical (unpaired) electrons. The minimum Gasteiger partial charge on any atom is -0.480 e. The zero-order chi connectivity index (χ0) is 9.84. The Morgan fingerprint density at radius 1 is 1.54 bits per heavy atom. The Hall–Kier alpha value is -0.650. The van der Waals surface area contributed by atoms with Crippen LogP contribution >= 0.6 is 0 Å². The number of hydrogen-bond donors (Lipinski definition) is 3. The predicted octanol–water partition coefficient (Wildman–Crippen LogP) is -1.11. The molecule has 0 saturated heterocycles. The van der Waals surface area contributed by atoms with Gasteiger partial charge in [-0.1, -0.05) is 0 Å². The number of aliphatic carboxylic acids is 1. The summed E-state index contributed by atoms with van der Waals surface area (Å²) < 4.78 is 0. The molecular weight excluding hydrogens is 174 g/mol. The molecule has 76 valence electrons. The van der Waals surface area contributed by atoms with E-state index in [1.54, 1.807) is 4.90 Å². The highest BCUT2D eigenvalue weighted by Crippen LogP contribution is 2.26. The van der Waals surface area contributed by atoms with Crippen molar-refractivity contribution in [2.45, 2.75) is 25.0 Å². The Balaban J connectivity index is 2.33. The van der Waals surface area contributed by atoms with E-state index in [9.17, 15) is 4.79 Å². The summed E-state index contributed by atoms with van der Waals surface area (Å²) in [5.74, 6) is -0.892. The topological polar surface area (TPSA) is 81.0 Å². The lowest BCUT2D eigenvalue weighted by Gasteiger charge is -2.21. The molecule has 0 aromatic rings. The molecule has 0 aromatic heterocycles. The Bertz CT molecular complexity index is 181. The molecule has 1 aliphatic carbocycles. The van der Waals surface area contributed by atoms with Crippen LogP contribution in [0.4, 0.5) is 0 Å². The number of hydrogen-bond acceptors (Lipinski definition) is 4. The predicted molar refractivity (Wildman–Crippen MR) is 45.3 cm³/mol. The van der Waals surface area contributed by atoms with Gasteiger partial charge in [0.2, 0.25) is 0 Å². The van der Waals surface area contributed by atoms with Gasteiger partial charge in [0.25, 0.3) is 0 Å². The summed E-state index contributed by atoms with van der Waals surface area (Å²) in [5, 5.41) is 26.3. The standard InChI is InChI=1S/C8H15NO4/c10-5-7(11)3-9(4-8(12)13)6-1-2-6/h6-7,10-11H,1-5H2,(H,12,13). The summed E-state index contributed by atoms with van der Waals surface area (Å²) in [7, 11) is 0. The monoisotopic (exact) mass is 189 g/mol. The van der Waals surface area contributed by atoms with Gasteiger partial charge in [-0.3, -0.25) is 9.69 Å². The van der Waals surface area contributed by atoms with E-state index >= 15 is 0 Å². The summed E-state index contributed by atoms with van der Waals surface area (Å²) in [6.45, 7) is -0.127. The number of aliphatic hydroxyl groups excluding tert-OH is 2. The maximum atomic E-state index is 10.4. The lowest BCUT2D eigenvalue weighted by atomic mass is 10.3. The van der Waals surface area contributed by atoms with Crippen LogP contribution in [0.1, 0.15) is 12.8 Å². The molecule has 1 saturated carbocycles. The van der Waals surface area contributed by atoms with Gasteiger partial charge in [0.05, 0.1) is 19.3 Å². The molecule has 0 heterocycles. The van der Waals surface area contributed by atoms with Gasteiger partial charge in [-0.05, 0) is 12.8 Å². The van der Waals surface area contributed by atoms with E-state index in [0.29, 0.717) is 0 Å². The molecule has 0 bridgehead atoms. The summed E-state index contributed by atoms with van der Waals surface area (Å²) in [6.07, 6.45) is 1.15. The quantitative estimate of drug-likeness (QED) is 0.493. The van der Waals surface area contributed by atoms with E-state index in [0.717, 1.165) is 12.8 Å². The first-order valence-corrected chi connectivity index (χ1v) is 4.38. The molecule has 1 unspecified atom stereocenters. The van der Waals surface area contributed by atoms with E-state index in [1.807, 2.05) is 0 Å². The average molecular weight is 189 g/mol. The van der Waals surface area contributed by atoms with Crippen LogP contribution in [0.3, 0.4) is 0 Å². The Morgan fingerprint density at radius 3 is 2.54 bits per heavy atom. The molecule has 5 nitrogen and oxygen atoms in total. The molecule has 1 rings (SSSR count). The smallest absolute Gasteiger partial charge is 0.317 e. The van der Waals surface area contributed by atoms with Crippen LogP contribution in [0.5, 0.6) is 0 Å². The van der Waals surface area contributed by atoms with Crippen LogP contribution in [0.15, 0.2) is 0 Å². The van der Waals surface area contributed by atoms with Crippen molar-refractivity contribution in [2.75, 3.05) is 19.7 Å². The molecule has 0 aromatic carbocycles. The number of nitrogens with zero attached hydrogens (tertiary/aromatic N) is 1. The fourth-order valence-electron chi connectivity index (χ4n) is 1.28. The summed E-state index contributed by atoms with van der Waals surface area (Å²) in [6, 6.07) is 0.289. The van der Waals surface area contributed by atoms with Crippen LogP contribution in [0, 0.1) is 0 Å². The zero-order valence-electron chi connectivity index (χ0n) is 7.39. The van der Waals surface area contributed by atoms with Crippen molar-refractivity contribution in [3.63, 3.8) is 0 Å². The van der Waals surface area contributed by atoms with Crippen molar-refractivity contribution >= 4 is 5.97 Å². The summed E-state index contributed by atoms with van der Waals surface area (Å²) in [4.78, 5) is 12.1. The lowest BCUT2D eigenvalue weighted by molar-refractivity contribution is -0.138. The summed E-state index contributed by atoms with van der Waals surface area (Å²) >= 11 is 0. The molecule has 0 amide bonds. The number of carboxylic acids is 1. The maximum Gasteiger partial charge on any atom is 0.317 e. The van der Waals surface area contributed by atoms with E-state index in [2.05, 4.69) is 0 Å². The number of aliphatic hydroxyl groups is 2. The largest absolute Gasteiger partial charge is 0.480 e. The van der Waals surface area contributed by atoms with E-state index in [1.165, 1.54) is 0 Å². The van der Waals surface area contributed by atoms with Crippen molar-refractivity contribution < 1.29 is 20.1 Å².